The Bertz CT molecular complexity index is 617. The Balaban J connectivity index is 1.62. The van der Waals surface area contributed by atoms with Gasteiger partial charge in [-0.25, -0.2) is 9.97 Å². The first kappa shape index (κ1) is 17.3. The van der Waals surface area contributed by atoms with Gasteiger partial charge in [-0.2, -0.15) is 13.2 Å². The van der Waals surface area contributed by atoms with Gasteiger partial charge in [0.1, 0.15) is 11.0 Å². The van der Waals surface area contributed by atoms with E-state index in [9.17, 15) is 18.0 Å². The van der Waals surface area contributed by atoms with E-state index in [2.05, 4.69) is 9.97 Å². The van der Waals surface area contributed by atoms with Crippen molar-refractivity contribution in [3.63, 3.8) is 0 Å². The van der Waals surface area contributed by atoms with Gasteiger partial charge in [0.25, 0.3) is 0 Å². The predicted octanol–water partition coefficient (Wildman–Crippen LogP) is 2.99. The van der Waals surface area contributed by atoms with E-state index in [1.807, 2.05) is 4.90 Å². The molecule has 2 aliphatic rings. The zero-order valence-corrected chi connectivity index (χ0v) is 13.8. The minimum atomic E-state index is -4.62. The van der Waals surface area contributed by atoms with Gasteiger partial charge in [0.05, 0.1) is 0 Å². The van der Waals surface area contributed by atoms with E-state index in [0.717, 1.165) is 32.4 Å². The summed E-state index contributed by atoms with van der Waals surface area (Å²) in [6, 6.07) is 1.36. The van der Waals surface area contributed by atoms with Gasteiger partial charge in [0.15, 0.2) is 0 Å². The standard InChI is InChI=1S/C15H18ClF3N4O/c16-11-8-12(21-14(20-11)15(17,18)19)22-6-3-10(4-7-22)9-23-5-1-2-13(23)24/h8,10H,1-7,9H2. The van der Waals surface area contributed by atoms with E-state index in [1.165, 1.54) is 6.07 Å². The molecule has 132 valence electrons. The highest BCUT2D eigenvalue weighted by Gasteiger charge is 2.36. The van der Waals surface area contributed by atoms with Gasteiger partial charge in [-0.1, -0.05) is 11.6 Å². The molecule has 2 saturated heterocycles. The first-order valence-electron chi connectivity index (χ1n) is 7.97. The highest BCUT2D eigenvalue weighted by atomic mass is 35.5. The van der Waals surface area contributed by atoms with E-state index in [-0.39, 0.29) is 16.9 Å². The molecule has 1 aromatic heterocycles. The molecule has 0 N–H and O–H groups in total. The van der Waals surface area contributed by atoms with Crippen molar-refractivity contribution in [1.29, 1.82) is 0 Å². The number of carbonyl (C=O) groups excluding carboxylic acids is 1. The maximum absolute atomic E-state index is 12.8. The number of aromatic nitrogens is 2. The van der Waals surface area contributed by atoms with Crippen LogP contribution in [0.2, 0.25) is 5.15 Å². The average molecular weight is 363 g/mol. The summed E-state index contributed by atoms with van der Waals surface area (Å²) < 4.78 is 38.4. The molecule has 2 fully saturated rings. The number of likely N-dealkylation sites (tertiary alicyclic amines) is 1. The molecule has 1 amide bonds. The van der Waals surface area contributed by atoms with Crippen molar-refractivity contribution in [2.45, 2.75) is 31.9 Å². The predicted molar refractivity (Wildman–Crippen MR) is 82.8 cm³/mol. The van der Waals surface area contributed by atoms with E-state index in [0.29, 0.717) is 25.4 Å². The maximum Gasteiger partial charge on any atom is 0.451 e. The quantitative estimate of drug-likeness (QED) is 0.776. The third-order valence-electron chi connectivity index (χ3n) is 4.52. The second-order valence-electron chi connectivity index (χ2n) is 6.24. The lowest BCUT2D eigenvalue weighted by molar-refractivity contribution is -0.144. The molecule has 0 aliphatic carbocycles. The van der Waals surface area contributed by atoms with Gasteiger partial charge in [-0.15, -0.1) is 0 Å². The third-order valence-corrected chi connectivity index (χ3v) is 4.72. The first-order chi connectivity index (χ1) is 11.3. The minimum absolute atomic E-state index is 0.204. The van der Waals surface area contributed by atoms with Crippen molar-refractivity contribution in [1.82, 2.24) is 14.9 Å². The van der Waals surface area contributed by atoms with Crippen LogP contribution >= 0.6 is 11.6 Å². The number of anilines is 1. The summed E-state index contributed by atoms with van der Waals surface area (Å²) in [6.07, 6.45) is -1.45. The van der Waals surface area contributed by atoms with Crippen LogP contribution in [0.5, 0.6) is 0 Å². The molecule has 3 rings (SSSR count). The Kier molecular flexibility index (Phi) is 4.85. The zero-order chi connectivity index (χ0) is 17.3. The molecule has 0 spiro atoms. The van der Waals surface area contributed by atoms with Crippen LogP contribution in [0, 0.1) is 5.92 Å². The van der Waals surface area contributed by atoms with Gasteiger partial charge in [-0.05, 0) is 25.2 Å². The number of carbonyl (C=O) groups is 1. The molecule has 3 heterocycles. The highest BCUT2D eigenvalue weighted by Crippen LogP contribution is 2.30. The van der Waals surface area contributed by atoms with Crippen molar-refractivity contribution in [3.05, 3.63) is 17.0 Å². The topological polar surface area (TPSA) is 49.3 Å². The lowest BCUT2D eigenvalue weighted by Crippen LogP contribution is -2.39. The third kappa shape index (κ3) is 3.91. The van der Waals surface area contributed by atoms with E-state index >= 15 is 0 Å². The minimum Gasteiger partial charge on any atom is -0.356 e. The molecule has 5 nitrogen and oxygen atoms in total. The van der Waals surface area contributed by atoms with Crippen LogP contribution in [0.15, 0.2) is 6.07 Å². The Morgan fingerprint density at radius 1 is 1.21 bits per heavy atom. The fourth-order valence-corrected chi connectivity index (χ4v) is 3.43. The van der Waals surface area contributed by atoms with Crippen molar-refractivity contribution in [2.24, 2.45) is 5.92 Å². The normalized spacial score (nSPS) is 20.1. The summed E-state index contributed by atoms with van der Waals surface area (Å²) in [5.41, 5.74) is 0. The number of hydrogen-bond acceptors (Lipinski definition) is 4. The fourth-order valence-electron chi connectivity index (χ4n) is 3.25. The van der Waals surface area contributed by atoms with Crippen LogP contribution in [0.25, 0.3) is 0 Å². The molecule has 2 aliphatic heterocycles. The number of piperidine rings is 1. The van der Waals surface area contributed by atoms with Gasteiger partial charge in [0, 0.05) is 38.7 Å². The molecule has 9 heteroatoms. The smallest absolute Gasteiger partial charge is 0.356 e. The molecule has 0 saturated carbocycles. The molecule has 0 atom stereocenters. The van der Waals surface area contributed by atoms with Crippen molar-refractivity contribution >= 4 is 23.3 Å². The molecule has 0 unspecified atom stereocenters. The summed E-state index contributed by atoms with van der Waals surface area (Å²) in [5.74, 6) is -0.426. The molecule has 24 heavy (non-hydrogen) atoms. The summed E-state index contributed by atoms with van der Waals surface area (Å²) >= 11 is 5.71. The maximum atomic E-state index is 12.8. The molecule has 0 bridgehead atoms. The van der Waals surface area contributed by atoms with Crippen LogP contribution in [-0.2, 0) is 11.0 Å². The fraction of sp³-hybridized carbons (Fsp3) is 0.667. The van der Waals surface area contributed by atoms with E-state index in [1.54, 1.807) is 4.90 Å². The lowest BCUT2D eigenvalue weighted by atomic mass is 9.96. The van der Waals surface area contributed by atoms with E-state index < -0.39 is 12.0 Å². The Morgan fingerprint density at radius 2 is 1.92 bits per heavy atom. The summed E-state index contributed by atoms with van der Waals surface area (Å²) in [5, 5.41) is -0.211. The highest BCUT2D eigenvalue weighted by molar-refractivity contribution is 6.29. The van der Waals surface area contributed by atoms with Crippen LogP contribution < -0.4 is 4.90 Å². The van der Waals surface area contributed by atoms with Crippen LogP contribution in [0.3, 0.4) is 0 Å². The SMILES string of the molecule is O=C1CCCN1CC1CCN(c2cc(Cl)nc(C(F)(F)F)n2)CC1. The van der Waals surface area contributed by atoms with Crippen LogP contribution in [-0.4, -0.2) is 47.0 Å². The van der Waals surface area contributed by atoms with Gasteiger partial charge < -0.3 is 9.80 Å². The molecule has 0 aromatic carbocycles. The molecular formula is C15H18ClF3N4O. The summed E-state index contributed by atoms with van der Waals surface area (Å²) in [4.78, 5) is 22.2. The summed E-state index contributed by atoms with van der Waals surface area (Å²) in [7, 11) is 0. The van der Waals surface area contributed by atoms with Crippen molar-refractivity contribution in [2.75, 3.05) is 31.1 Å². The van der Waals surface area contributed by atoms with Crippen molar-refractivity contribution < 1.29 is 18.0 Å². The van der Waals surface area contributed by atoms with Gasteiger partial charge >= 0.3 is 6.18 Å². The second kappa shape index (κ2) is 6.74. The zero-order valence-electron chi connectivity index (χ0n) is 13.0. The average Bonchev–Trinajstić information content (AvgIpc) is 2.92. The molecule has 0 radical (unpaired) electrons. The number of amides is 1. The van der Waals surface area contributed by atoms with Gasteiger partial charge in [-0.3, -0.25) is 4.79 Å². The van der Waals surface area contributed by atoms with Crippen LogP contribution in [0.1, 0.15) is 31.5 Å². The van der Waals surface area contributed by atoms with Crippen molar-refractivity contribution in [3.8, 4) is 0 Å². The number of rotatable bonds is 3. The number of nitrogens with zero attached hydrogens (tertiary/aromatic N) is 4. The Morgan fingerprint density at radius 3 is 2.50 bits per heavy atom. The van der Waals surface area contributed by atoms with Gasteiger partial charge in [0.2, 0.25) is 11.7 Å². The Labute approximate surface area is 142 Å². The summed E-state index contributed by atoms with van der Waals surface area (Å²) in [6.45, 7) is 2.75. The number of hydrogen-bond donors (Lipinski definition) is 0. The monoisotopic (exact) mass is 362 g/mol. The lowest BCUT2D eigenvalue weighted by Gasteiger charge is -2.34. The van der Waals surface area contributed by atoms with Crippen LogP contribution in [0.4, 0.5) is 19.0 Å². The number of halogens is 4. The van der Waals surface area contributed by atoms with E-state index in [4.69, 9.17) is 11.6 Å². The largest absolute Gasteiger partial charge is 0.451 e. The number of alkyl halides is 3. The molecule has 1 aromatic rings. The second-order valence-corrected chi connectivity index (χ2v) is 6.63. The Hall–Kier alpha value is -1.57. The molecular weight excluding hydrogens is 345 g/mol. The first-order valence-corrected chi connectivity index (χ1v) is 8.35.